The molecule has 0 aromatic carbocycles. The highest BCUT2D eigenvalue weighted by Crippen LogP contribution is 2.22. The third kappa shape index (κ3) is 2.58. The number of aliphatic hydroxyl groups is 1. The molecule has 0 amide bonds. The van der Waals surface area contributed by atoms with E-state index in [0.717, 1.165) is 36.6 Å². The predicted octanol–water partition coefficient (Wildman–Crippen LogP) is 1.32. The molecule has 0 aliphatic heterocycles. The van der Waals surface area contributed by atoms with Crippen molar-refractivity contribution in [3.63, 3.8) is 0 Å². The summed E-state index contributed by atoms with van der Waals surface area (Å²) >= 11 is 0. The molecule has 1 aliphatic carbocycles. The Morgan fingerprint density at radius 2 is 2.00 bits per heavy atom. The van der Waals surface area contributed by atoms with Crippen LogP contribution in [0.3, 0.4) is 0 Å². The fourth-order valence-electron chi connectivity index (χ4n) is 2.45. The van der Waals surface area contributed by atoms with E-state index in [-0.39, 0.29) is 6.10 Å². The van der Waals surface area contributed by atoms with Crippen molar-refractivity contribution in [2.24, 2.45) is 0 Å². The van der Waals surface area contributed by atoms with Crippen molar-refractivity contribution < 1.29 is 5.11 Å². The first-order valence-electron chi connectivity index (χ1n) is 6.54. The van der Waals surface area contributed by atoms with Crippen LogP contribution in [0, 0.1) is 0 Å². The SMILES string of the molecule is Nc1nccc2nc(N[C@H]3CC[C@H](O)CC3)ncc12. The van der Waals surface area contributed by atoms with Gasteiger partial charge in [-0.15, -0.1) is 0 Å². The lowest BCUT2D eigenvalue weighted by Crippen LogP contribution is -2.28. The quantitative estimate of drug-likeness (QED) is 0.752. The van der Waals surface area contributed by atoms with Gasteiger partial charge in [0.2, 0.25) is 5.95 Å². The lowest BCUT2D eigenvalue weighted by Gasteiger charge is -2.26. The van der Waals surface area contributed by atoms with Gasteiger partial charge in [0, 0.05) is 18.4 Å². The second-order valence-corrected chi connectivity index (χ2v) is 4.97. The number of aromatic nitrogens is 3. The monoisotopic (exact) mass is 259 g/mol. The third-order valence-electron chi connectivity index (χ3n) is 3.57. The molecular weight excluding hydrogens is 242 g/mol. The molecule has 6 heteroatoms. The molecule has 0 bridgehead atoms. The van der Waals surface area contributed by atoms with E-state index >= 15 is 0 Å². The van der Waals surface area contributed by atoms with Gasteiger partial charge in [-0.05, 0) is 31.7 Å². The topological polar surface area (TPSA) is 97.0 Å². The van der Waals surface area contributed by atoms with Gasteiger partial charge in [-0.1, -0.05) is 0 Å². The molecule has 0 atom stereocenters. The van der Waals surface area contributed by atoms with Gasteiger partial charge in [0.25, 0.3) is 0 Å². The number of nitrogen functional groups attached to an aromatic ring is 1. The predicted molar refractivity (Wildman–Crippen MR) is 73.6 cm³/mol. The standard InChI is InChI=1S/C13H17N5O/c14-12-10-7-16-13(18-11(10)5-6-15-12)17-8-1-3-9(19)4-2-8/h5-9,19H,1-4H2,(H2,14,15)(H,16,17,18)/t8-,9-. The van der Waals surface area contributed by atoms with Crippen molar-refractivity contribution in [2.75, 3.05) is 11.1 Å². The van der Waals surface area contributed by atoms with Crippen LogP contribution in [0.2, 0.25) is 0 Å². The number of aliphatic hydroxyl groups excluding tert-OH is 1. The number of anilines is 2. The summed E-state index contributed by atoms with van der Waals surface area (Å²) in [5, 5.41) is 13.6. The van der Waals surface area contributed by atoms with E-state index in [0.29, 0.717) is 17.8 Å². The van der Waals surface area contributed by atoms with E-state index in [9.17, 15) is 5.11 Å². The van der Waals surface area contributed by atoms with E-state index in [4.69, 9.17) is 5.73 Å². The number of fused-ring (bicyclic) bond motifs is 1. The number of nitrogens with two attached hydrogens (primary N) is 1. The Kier molecular flexibility index (Phi) is 3.16. The van der Waals surface area contributed by atoms with E-state index in [2.05, 4.69) is 20.3 Å². The molecule has 4 N–H and O–H groups in total. The second-order valence-electron chi connectivity index (χ2n) is 4.97. The summed E-state index contributed by atoms with van der Waals surface area (Å²) in [6.07, 6.45) is 6.75. The summed E-state index contributed by atoms with van der Waals surface area (Å²) in [6.45, 7) is 0. The van der Waals surface area contributed by atoms with Crippen molar-refractivity contribution in [1.82, 2.24) is 15.0 Å². The summed E-state index contributed by atoms with van der Waals surface area (Å²) in [7, 11) is 0. The van der Waals surface area contributed by atoms with E-state index in [1.54, 1.807) is 12.4 Å². The van der Waals surface area contributed by atoms with Crippen molar-refractivity contribution in [1.29, 1.82) is 0 Å². The molecule has 0 unspecified atom stereocenters. The van der Waals surface area contributed by atoms with Crippen LogP contribution in [0.1, 0.15) is 25.7 Å². The van der Waals surface area contributed by atoms with Crippen LogP contribution in [-0.4, -0.2) is 32.2 Å². The fraction of sp³-hybridized carbons (Fsp3) is 0.462. The Labute approximate surface area is 111 Å². The molecule has 3 rings (SSSR count). The summed E-state index contributed by atoms with van der Waals surface area (Å²) in [5.74, 6) is 1.06. The van der Waals surface area contributed by atoms with Crippen LogP contribution in [0.25, 0.3) is 10.9 Å². The zero-order valence-corrected chi connectivity index (χ0v) is 10.6. The molecule has 1 saturated carbocycles. The molecule has 2 aromatic heterocycles. The molecule has 19 heavy (non-hydrogen) atoms. The summed E-state index contributed by atoms with van der Waals surface area (Å²) < 4.78 is 0. The summed E-state index contributed by atoms with van der Waals surface area (Å²) in [5.41, 5.74) is 6.56. The number of nitrogens with one attached hydrogen (secondary N) is 1. The fourth-order valence-corrected chi connectivity index (χ4v) is 2.45. The molecule has 0 spiro atoms. The summed E-state index contributed by atoms with van der Waals surface area (Å²) in [6, 6.07) is 2.16. The van der Waals surface area contributed by atoms with Crippen LogP contribution in [0.5, 0.6) is 0 Å². The van der Waals surface area contributed by atoms with E-state index in [1.807, 2.05) is 6.07 Å². The minimum Gasteiger partial charge on any atom is -0.393 e. The highest BCUT2D eigenvalue weighted by molar-refractivity contribution is 5.87. The normalized spacial score (nSPS) is 23.4. The van der Waals surface area contributed by atoms with Gasteiger partial charge >= 0.3 is 0 Å². The number of hydrogen-bond donors (Lipinski definition) is 3. The van der Waals surface area contributed by atoms with Crippen LogP contribution in [-0.2, 0) is 0 Å². The lowest BCUT2D eigenvalue weighted by atomic mass is 9.93. The molecule has 0 saturated heterocycles. The Hall–Kier alpha value is -1.95. The average molecular weight is 259 g/mol. The number of rotatable bonds is 2. The molecule has 1 fully saturated rings. The first-order chi connectivity index (χ1) is 9.22. The van der Waals surface area contributed by atoms with E-state index in [1.165, 1.54) is 0 Å². The smallest absolute Gasteiger partial charge is 0.223 e. The Morgan fingerprint density at radius 3 is 2.79 bits per heavy atom. The third-order valence-corrected chi connectivity index (χ3v) is 3.57. The van der Waals surface area contributed by atoms with Crippen LogP contribution in [0.4, 0.5) is 11.8 Å². The Morgan fingerprint density at radius 1 is 1.21 bits per heavy atom. The molecule has 2 aromatic rings. The highest BCUT2D eigenvalue weighted by Gasteiger charge is 2.19. The Balaban J connectivity index is 1.78. The second kappa shape index (κ2) is 4.97. The minimum atomic E-state index is -0.151. The molecule has 0 radical (unpaired) electrons. The van der Waals surface area contributed by atoms with Gasteiger partial charge in [-0.25, -0.2) is 15.0 Å². The van der Waals surface area contributed by atoms with Gasteiger partial charge in [0.15, 0.2) is 0 Å². The van der Waals surface area contributed by atoms with Gasteiger partial charge < -0.3 is 16.2 Å². The number of pyridine rings is 1. The number of nitrogens with zero attached hydrogens (tertiary/aromatic N) is 3. The highest BCUT2D eigenvalue weighted by atomic mass is 16.3. The zero-order valence-electron chi connectivity index (χ0n) is 10.6. The molecular formula is C13H17N5O. The van der Waals surface area contributed by atoms with Crippen LogP contribution in [0.15, 0.2) is 18.5 Å². The maximum absolute atomic E-state index is 9.49. The van der Waals surface area contributed by atoms with Gasteiger partial charge in [-0.3, -0.25) is 0 Å². The zero-order chi connectivity index (χ0) is 13.2. The Bertz CT molecular complexity index is 580. The summed E-state index contributed by atoms with van der Waals surface area (Å²) in [4.78, 5) is 12.7. The first kappa shape index (κ1) is 12.1. The minimum absolute atomic E-state index is 0.151. The first-order valence-corrected chi connectivity index (χ1v) is 6.54. The lowest BCUT2D eigenvalue weighted by molar-refractivity contribution is 0.126. The van der Waals surface area contributed by atoms with Crippen molar-refractivity contribution in [2.45, 2.75) is 37.8 Å². The van der Waals surface area contributed by atoms with Crippen LogP contribution < -0.4 is 11.1 Å². The average Bonchev–Trinajstić information content (AvgIpc) is 2.42. The van der Waals surface area contributed by atoms with Crippen molar-refractivity contribution >= 4 is 22.7 Å². The van der Waals surface area contributed by atoms with Gasteiger partial charge in [-0.2, -0.15) is 0 Å². The maximum Gasteiger partial charge on any atom is 0.223 e. The largest absolute Gasteiger partial charge is 0.393 e. The van der Waals surface area contributed by atoms with E-state index < -0.39 is 0 Å². The van der Waals surface area contributed by atoms with Crippen LogP contribution >= 0.6 is 0 Å². The van der Waals surface area contributed by atoms with Crippen molar-refractivity contribution in [3.05, 3.63) is 18.5 Å². The molecule has 6 nitrogen and oxygen atoms in total. The molecule has 1 aliphatic rings. The van der Waals surface area contributed by atoms with Gasteiger partial charge in [0.1, 0.15) is 5.82 Å². The van der Waals surface area contributed by atoms with Crippen molar-refractivity contribution in [3.8, 4) is 0 Å². The maximum atomic E-state index is 9.49. The molecule has 2 heterocycles. The molecule has 100 valence electrons. The number of hydrogen-bond acceptors (Lipinski definition) is 6. The van der Waals surface area contributed by atoms with Gasteiger partial charge in [0.05, 0.1) is 17.0 Å².